The molecule has 1 aliphatic rings. The molecule has 1 aromatic heterocycles. The lowest BCUT2D eigenvalue weighted by Crippen LogP contribution is -1.83. The van der Waals surface area contributed by atoms with Crippen molar-refractivity contribution in [2.75, 3.05) is 0 Å². The van der Waals surface area contributed by atoms with Crippen LogP contribution in [0.1, 0.15) is 43.7 Å². The van der Waals surface area contributed by atoms with Crippen molar-refractivity contribution in [2.24, 2.45) is 0 Å². The van der Waals surface area contributed by atoms with Crippen LogP contribution in [-0.4, -0.2) is 9.97 Å². The maximum Gasteiger partial charge on any atom is 0.0931 e. The molecular weight excluding hydrogens is 184 g/mol. The van der Waals surface area contributed by atoms with E-state index in [0.29, 0.717) is 0 Å². The van der Waals surface area contributed by atoms with E-state index in [0.717, 1.165) is 11.4 Å². The number of hydrogen-bond acceptors (Lipinski definition) is 1. The van der Waals surface area contributed by atoms with Gasteiger partial charge in [0.2, 0.25) is 0 Å². The summed E-state index contributed by atoms with van der Waals surface area (Å²) < 4.78 is 0. The quantitative estimate of drug-likeness (QED) is 0.749. The van der Waals surface area contributed by atoms with Crippen LogP contribution < -0.4 is 0 Å². The van der Waals surface area contributed by atoms with E-state index < -0.39 is 0 Å². The molecule has 1 aliphatic carbocycles. The molecule has 0 aliphatic heterocycles. The standard InChI is InChI=1S/C11H12N2.C2H6/c1-7-4-9(8-2-3-8)5-10-11(7)13-6-12-10;1-2/h4-6,8H,2-3H2,1H3,(H,12,13);1-2H3. The number of nitrogens with zero attached hydrogens (tertiary/aromatic N) is 1. The molecule has 2 aromatic rings. The normalized spacial score (nSPS) is 14.9. The first-order chi connectivity index (χ1) is 7.34. The summed E-state index contributed by atoms with van der Waals surface area (Å²) in [7, 11) is 0. The zero-order chi connectivity index (χ0) is 10.8. The van der Waals surface area contributed by atoms with E-state index in [1.165, 1.54) is 29.5 Å². The fourth-order valence-electron chi connectivity index (χ4n) is 1.91. The van der Waals surface area contributed by atoms with Gasteiger partial charge in [0.1, 0.15) is 0 Å². The number of hydrogen-bond donors (Lipinski definition) is 1. The Morgan fingerprint density at radius 3 is 2.67 bits per heavy atom. The van der Waals surface area contributed by atoms with Crippen LogP contribution in [0.25, 0.3) is 11.0 Å². The Kier molecular flexibility index (Phi) is 2.76. The van der Waals surface area contributed by atoms with Gasteiger partial charge in [-0.25, -0.2) is 4.98 Å². The highest BCUT2D eigenvalue weighted by atomic mass is 14.9. The van der Waals surface area contributed by atoms with Gasteiger partial charge in [-0.15, -0.1) is 0 Å². The van der Waals surface area contributed by atoms with E-state index in [4.69, 9.17) is 0 Å². The first kappa shape index (κ1) is 10.2. The van der Waals surface area contributed by atoms with Crippen molar-refractivity contribution in [3.8, 4) is 0 Å². The zero-order valence-corrected chi connectivity index (χ0v) is 9.67. The number of fused-ring (bicyclic) bond motifs is 1. The van der Waals surface area contributed by atoms with E-state index in [2.05, 4.69) is 29.0 Å². The van der Waals surface area contributed by atoms with Crippen molar-refractivity contribution in [3.63, 3.8) is 0 Å². The third-order valence-corrected chi connectivity index (χ3v) is 2.79. The van der Waals surface area contributed by atoms with Gasteiger partial charge in [0.15, 0.2) is 0 Å². The number of nitrogens with one attached hydrogen (secondary N) is 1. The molecule has 2 nitrogen and oxygen atoms in total. The zero-order valence-electron chi connectivity index (χ0n) is 9.67. The lowest BCUT2D eigenvalue weighted by Gasteiger charge is -2.00. The van der Waals surface area contributed by atoms with Gasteiger partial charge in [-0.3, -0.25) is 0 Å². The van der Waals surface area contributed by atoms with Gasteiger partial charge < -0.3 is 4.98 Å². The highest BCUT2D eigenvalue weighted by Crippen LogP contribution is 2.41. The van der Waals surface area contributed by atoms with Gasteiger partial charge in [0.25, 0.3) is 0 Å². The minimum absolute atomic E-state index is 0.825. The first-order valence-corrected chi connectivity index (χ1v) is 5.78. The summed E-state index contributed by atoms with van der Waals surface area (Å²) in [6.45, 7) is 6.13. The van der Waals surface area contributed by atoms with E-state index in [1.807, 2.05) is 13.8 Å². The second-order valence-electron chi connectivity index (χ2n) is 3.91. The maximum atomic E-state index is 4.28. The van der Waals surface area contributed by atoms with E-state index in [1.54, 1.807) is 6.33 Å². The number of aryl methyl sites for hydroxylation is 1. The fourth-order valence-corrected chi connectivity index (χ4v) is 1.91. The van der Waals surface area contributed by atoms with Crippen LogP contribution in [0.15, 0.2) is 18.5 Å². The summed E-state index contributed by atoms with van der Waals surface area (Å²) in [6.07, 6.45) is 4.49. The molecule has 0 spiro atoms. The molecule has 1 N–H and O–H groups in total. The Morgan fingerprint density at radius 2 is 2.00 bits per heavy atom. The van der Waals surface area contributed by atoms with Crippen LogP contribution in [0.3, 0.4) is 0 Å². The van der Waals surface area contributed by atoms with E-state index in [9.17, 15) is 0 Å². The van der Waals surface area contributed by atoms with Gasteiger partial charge in [-0.1, -0.05) is 19.9 Å². The lowest BCUT2D eigenvalue weighted by atomic mass is 10.1. The maximum absolute atomic E-state index is 4.28. The molecule has 0 radical (unpaired) electrons. The van der Waals surface area contributed by atoms with Crippen LogP contribution in [-0.2, 0) is 0 Å². The Morgan fingerprint density at radius 1 is 1.27 bits per heavy atom. The molecule has 3 rings (SSSR count). The lowest BCUT2D eigenvalue weighted by molar-refractivity contribution is 1.13. The van der Waals surface area contributed by atoms with E-state index >= 15 is 0 Å². The SMILES string of the molecule is CC.Cc1cc(C2CC2)cc2[nH]cnc12. The molecule has 0 saturated heterocycles. The Bertz CT molecular complexity index is 453. The fraction of sp³-hybridized carbons (Fsp3) is 0.462. The summed E-state index contributed by atoms with van der Waals surface area (Å²) in [5.74, 6) is 0.825. The van der Waals surface area contributed by atoms with Crippen LogP contribution in [0.4, 0.5) is 0 Å². The predicted molar refractivity (Wildman–Crippen MR) is 64.2 cm³/mol. The van der Waals surface area contributed by atoms with Gasteiger partial charge in [0.05, 0.1) is 17.4 Å². The van der Waals surface area contributed by atoms with Gasteiger partial charge in [-0.05, 0) is 42.9 Å². The molecule has 0 amide bonds. The van der Waals surface area contributed by atoms with Crippen LogP contribution >= 0.6 is 0 Å². The van der Waals surface area contributed by atoms with Gasteiger partial charge >= 0.3 is 0 Å². The second kappa shape index (κ2) is 4.05. The molecule has 0 atom stereocenters. The molecule has 1 heterocycles. The molecule has 1 saturated carbocycles. The van der Waals surface area contributed by atoms with Gasteiger partial charge in [0, 0.05) is 0 Å². The summed E-state index contributed by atoms with van der Waals surface area (Å²) >= 11 is 0. The molecule has 80 valence electrons. The second-order valence-corrected chi connectivity index (χ2v) is 3.91. The average molecular weight is 202 g/mol. The number of imidazole rings is 1. The van der Waals surface area contributed by atoms with Crippen LogP contribution in [0, 0.1) is 6.92 Å². The average Bonchev–Trinajstić information content (AvgIpc) is 3.00. The highest BCUT2D eigenvalue weighted by molar-refractivity contribution is 5.79. The monoisotopic (exact) mass is 202 g/mol. The predicted octanol–water partition coefficient (Wildman–Crippen LogP) is 3.77. The Balaban J connectivity index is 0.000000404. The Labute approximate surface area is 90.7 Å². The largest absolute Gasteiger partial charge is 0.345 e. The van der Waals surface area contributed by atoms with Crippen molar-refractivity contribution in [1.29, 1.82) is 0 Å². The highest BCUT2D eigenvalue weighted by Gasteiger charge is 2.24. The number of aromatic amines is 1. The molecule has 1 aromatic carbocycles. The molecule has 2 heteroatoms. The summed E-state index contributed by atoms with van der Waals surface area (Å²) in [6, 6.07) is 4.52. The summed E-state index contributed by atoms with van der Waals surface area (Å²) in [4.78, 5) is 7.46. The summed E-state index contributed by atoms with van der Waals surface area (Å²) in [5, 5.41) is 0. The third kappa shape index (κ3) is 1.89. The van der Waals surface area contributed by atoms with E-state index in [-0.39, 0.29) is 0 Å². The molecule has 1 fully saturated rings. The minimum Gasteiger partial charge on any atom is -0.345 e. The van der Waals surface area contributed by atoms with Crippen molar-refractivity contribution in [1.82, 2.24) is 9.97 Å². The topological polar surface area (TPSA) is 28.7 Å². The number of rotatable bonds is 1. The Hall–Kier alpha value is -1.31. The minimum atomic E-state index is 0.825. The molecular formula is C13H18N2. The third-order valence-electron chi connectivity index (χ3n) is 2.79. The smallest absolute Gasteiger partial charge is 0.0931 e. The van der Waals surface area contributed by atoms with Crippen LogP contribution in [0.5, 0.6) is 0 Å². The van der Waals surface area contributed by atoms with Crippen molar-refractivity contribution in [2.45, 2.75) is 39.5 Å². The van der Waals surface area contributed by atoms with Crippen LogP contribution in [0.2, 0.25) is 0 Å². The first-order valence-electron chi connectivity index (χ1n) is 5.78. The molecule has 15 heavy (non-hydrogen) atoms. The summed E-state index contributed by atoms with van der Waals surface area (Å²) in [5.41, 5.74) is 5.07. The van der Waals surface area contributed by atoms with Gasteiger partial charge in [-0.2, -0.15) is 0 Å². The number of benzene rings is 1. The van der Waals surface area contributed by atoms with Crippen molar-refractivity contribution >= 4 is 11.0 Å². The van der Waals surface area contributed by atoms with Crippen molar-refractivity contribution in [3.05, 3.63) is 29.6 Å². The number of H-pyrrole nitrogens is 1. The molecule has 0 unspecified atom stereocenters. The van der Waals surface area contributed by atoms with Crippen molar-refractivity contribution < 1.29 is 0 Å². The molecule has 0 bridgehead atoms. The number of aromatic nitrogens is 2.